The molecular weight excluding hydrogens is 486 g/mol. The zero-order chi connectivity index (χ0) is 25.9. The van der Waals surface area contributed by atoms with Crippen molar-refractivity contribution < 1.29 is 27.4 Å². The van der Waals surface area contributed by atoms with Gasteiger partial charge in [0.15, 0.2) is 5.82 Å². The van der Waals surface area contributed by atoms with E-state index in [9.17, 15) is 8.42 Å². The number of methoxy groups -OCH3 is 4. The molecule has 2 aliphatic carbocycles. The van der Waals surface area contributed by atoms with Gasteiger partial charge in [-0.25, -0.2) is 13.4 Å². The van der Waals surface area contributed by atoms with E-state index >= 15 is 0 Å². The van der Waals surface area contributed by atoms with Gasteiger partial charge in [-0.05, 0) is 37.8 Å². The first-order chi connectivity index (χ1) is 17.3. The first-order valence-corrected chi connectivity index (χ1v) is 13.3. The van der Waals surface area contributed by atoms with E-state index in [0.29, 0.717) is 23.2 Å². The topological polar surface area (TPSA) is 127 Å². The van der Waals surface area contributed by atoms with E-state index in [-0.39, 0.29) is 11.9 Å². The van der Waals surface area contributed by atoms with Crippen molar-refractivity contribution in [2.24, 2.45) is 5.92 Å². The van der Waals surface area contributed by atoms with Crippen LogP contribution in [0.5, 0.6) is 5.88 Å². The molecule has 0 amide bonds. The summed E-state index contributed by atoms with van der Waals surface area (Å²) in [7, 11) is 2.29. The molecule has 0 aromatic carbocycles. The van der Waals surface area contributed by atoms with Crippen molar-refractivity contribution >= 4 is 16.0 Å². The fraction of sp³-hybridized carbons (Fsp3) is 0.542. The van der Waals surface area contributed by atoms with Crippen LogP contribution >= 0.6 is 0 Å². The van der Waals surface area contributed by atoms with Crippen LogP contribution in [0.4, 0.5) is 5.95 Å². The predicted molar refractivity (Wildman–Crippen MR) is 134 cm³/mol. The molecule has 0 bridgehead atoms. The maximum Gasteiger partial charge on any atom is 0.240 e. The van der Waals surface area contributed by atoms with Gasteiger partial charge in [0, 0.05) is 20.3 Å². The maximum atomic E-state index is 13.5. The van der Waals surface area contributed by atoms with Crippen molar-refractivity contribution in [1.29, 1.82) is 0 Å². The van der Waals surface area contributed by atoms with Crippen LogP contribution in [0.1, 0.15) is 32.2 Å². The smallest absolute Gasteiger partial charge is 0.240 e. The van der Waals surface area contributed by atoms with Gasteiger partial charge in [-0.15, -0.1) is 10.2 Å². The molecule has 12 heteroatoms. The Morgan fingerprint density at radius 3 is 2.50 bits per heavy atom. The first-order valence-electron chi connectivity index (χ1n) is 11.8. The van der Waals surface area contributed by atoms with E-state index in [4.69, 9.17) is 18.9 Å². The molecule has 0 radical (unpaired) electrons. The second-order valence-electron chi connectivity index (χ2n) is 8.83. The van der Waals surface area contributed by atoms with Crippen molar-refractivity contribution in [3.05, 3.63) is 42.2 Å². The molecular formula is C24H33N5O6S. The molecule has 1 saturated carbocycles. The van der Waals surface area contributed by atoms with Crippen LogP contribution in [0.2, 0.25) is 0 Å². The van der Waals surface area contributed by atoms with Gasteiger partial charge in [0.05, 0.1) is 20.3 Å². The Balaban J connectivity index is 1.80. The van der Waals surface area contributed by atoms with Gasteiger partial charge in [0.25, 0.3) is 0 Å². The third-order valence-corrected chi connectivity index (χ3v) is 8.59. The fourth-order valence-electron chi connectivity index (χ4n) is 4.68. The first kappa shape index (κ1) is 26.1. The van der Waals surface area contributed by atoms with E-state index < -0.39 is 33.5 Å². The molecule has 0 aliphatic heterocycles. The molecule has 196 valence electrons. The number of hydrogen-bond acceptors (Lipinski definition) is 9. The number of pyridine rings is 1. The molecule has 2 aromatic rings. The average Bonchev–Trinajstić information content (AvgIpc) is 3.27. The zero-order valence-corrected chi connectivity index (χ0v) is 21.9. The van der Waals surface area contributed by atoms with Gasteiger partial charge in [-0.2, -0.15) is 0 Å². The summed E-state index contributed by atoms with van der Waals surface area (Å²) in [5.74, 6) is 1.49. The number of ether oxygens (including phenoxy) is 4. The minimum atomic E-state index is -3.90. The van der Waals surface area contributed by atoms with Gasteiger partial charge in [-0.3, -0.25) is 9.29 Å². The number of anilines is 1. The summed E-state index contributed by atoms with van der Waals surface area (Å²) in [6, 6.07) is 4.64. The fourth-order valence-corrected chi connectivity index (χ4v) is 5.95. The van der Waals surface area contributed by atoms with Crippen molar-refractivity contribution in [2.45, 2.75) is 49.7 Å². The highest BCUT2D eigenvalue weighted by atomic mass is 32.2. The second-order valence-corrected chi connectivity index (χ2v) is 10.9. The Morgan fingerprint density at radius 1 is 1.11 bits per heavy atom. The van der Waals surface area contributed by atoms with Crippen LogP contribution < -0.4 is 9.46 Å². The number of aromatic nitrogens is 4. The van der Waals surface area contributed by atoms with Gasteiger partial charge in [0.1, 0.15) is 28.8 Å². The monoisotopic (exact) mass is 519 g/mol. The third-order valence-electron chi connectivity index (χ3n) is 6.88. The molecule has 0 saturated heterocycles. The van der Waals surface area contributed by atoms with Gasteiger partial charge in [0.2, 0.25) is 21.9 Å². The van der Waals surface area contributed by atoms with Gasteiger partial charge < -0.3 is 18.9 Å². The summed E-state index contributed by atoms with van der Waals surface area (Å²) in [6.45, 7) is 1.65. The number of sulfonamides is 1. The van der Waals surface area contributed by atoms with E-state index in [1.54, 1.807) is 57.1 Å². The number of nitrogens with one attached hydrogen (secondary N) is 1. The van der Waals surface area contributed by atoms with Crippen molar-refractivity contribution in [3.8, 4) is 17.4 Å². The Morgan fingerprint density at radius 2 is 1.89 bits per heavy atom. The number of hydrogen-bond donors (Lipinski definition) is 1. The van der Waals surface area contributed by atoms with Crippen molar-refractivity contribution in [2.75, 3.05) is 33.2 Å². The van der Waals surface area contributed by atoms with Crippen LogP contribution in [-0.2, 0) is 24.2 Å². The normalized spacial score (nSPS) is 21.9. The molecule has 36 heavy (non-hydrogen) atoms. The van der Waals surface area contributed by atoms with Crippen molar-refractivity contribution in [3.63, 3.8) is 0 Å². The van der Waals surface area contributed by atoms with E-state index in [1.807, 2.05) is 12.2 Å². The molecule has 2 aliphatic rings. The SMILES string of the molecule is COC1=CC=CC(OC)C1n1c(NS(=O)(=O)[C@H](C)[C@H](OC)C2CCC2)nnc1-c1cccc(OC)n1. The lowest BCUT2D eigenvalue weighted by molar-refractivity contribution is 0.0194. The molecule has 2 unspecified atom stereocenters. The maximum absolute atomic E-state index is 13.5. The lowest BCUT2D eigenvalue weighted by Crippen LogP contribution is -2.44. The minimum Gasteiger partial charge on any atom is -0.499 e. The molecule has 4 atom stereocenters. The minimum absolute atomic E-state index is 0.0234. The summed E-state index contributed by atoms with van der Waals surface area (Å²) < 4.78 is 53.6. The van der Waals surface area contributed by atoms with E-state index in [2.05, 4.69) is 19.9 Å². The molecule has 1 fully saturated rings. The van der Waals surface area contributed by atoms with Crippen LogP contribution in [0.15, 0.2) is 42.2 Å². The molecule has 0 spiro atoms. The second kappa shape index (κ2) is 11.0. The van der Waals surface area contributed by atoms with Crippen LogP contribution in [-0.4, -0.2) is 74.1 Å². The Bertz CT molecular complexity index is 1220. The van der Waals surface area contributed by atoms with Gasteiger partial charge in [-0.1, -0.05) is 24.6 Å². The Kier molecular flexibility index (Phi) is 7.96. The molecule has 4 rings (SSSR count). The van der Waals surface area contributed by atoms with Gasteiger partial charge >= 0.3 is 0 Å². The molecule has 2 aromatic heterocycles. The predicted octanol–water partition coefficient (Wildman–Crippen LogP) is 2.95. The van der Waals surface area contributed by atoms with Crippen LogP contribution in [0.25, 0.3) is 11.5 Å². The zero-order valence-electron chi connectivity index (χ0n) is 21.1. The summed E-state index contributed by atoms with van der Waals surface area (Å²) in [4.78, 5) is 4.49. The Labute approximate surface area is 211 Å². The van der Waals surface area contributed by atoms with E-state index in [1.165, 1.54) is 7.11 Å². The highest BCUT2D eigenvalue weighted by Gasteiger charge is 2.40. The number of allylic oxidation sites excluding steroid dienone is 2. The molecule has 1 N–H and O–H groups in total. The lowest BCUT2D eigenvalue weighted by Gasteiger charge is -2.36. The highest BCUT2D eigenvalue weighted by molar-refractivity contribution is 7.93. The number of rotatable bonds is 11. The molecule has 2 heterocycles. The third kappa shape index (κ3) is 4.97. The highest BCUT2D eigenvalue weighted by Crippen LogP contribution is 2.37. The largest absolute Gasteiger partial charge is 0.499 e. The standard InChI is InChI=1S/C24H33N5O6S/c1-15(22(35-5)16-9-6-10-16)36(30,31)28-24-27-26-23(17-11-7-14-20(25-17)34-4)29(24)21-18(32-2)12-8-13-19(21)33-3/h7-8,11-16,18,21-22H,6,9-10H2,1-5H3,(H,27,28)/t15-,18?,21?,22+/m1/s1. The Hall–Kier alpha value is -2.96. The van der Waals surface area contributed by atoms with Crippen LogP contribution in [0.3, 0.4) is 0 Å². The van der Waals surface area contributed by atoms with Crippen LogP contribution in [0, 0.1) is 5.92 Å². The van der Waals surface area contributed by atoms with E-state index in [0.717, 1.165) is 19.3 Å². The summed E-state index contributed by atoms with van der Waals surface area (Å²) in [5, 5.41) is 7.74. The van der Waals surface area contributed by atoms with Crippen molar-refractivity contribution in [1.82, 2.24) is 19.7 Å². The number of nitrogens with zero attached hydrogens (tertiary/aromatic N) is 4. The quantitative estimate of drug-likeness (QED) is 0.477. The summed E-state index contributed by atoms with van der Waals surface area (Å²) in [5.41, 5.74) is 0.449. The summed E-state index contributed by atoms with van der Waals surface area (Å²) in [6.07, 6.45) is 7.55. The molecule has 11 nitrogen and oxygen atoms in total. The average molecular weight is 520 g/mol. The summed E-state index contributed by atoms with van der Waals surface area (Å²) >= 11 is 0. The lowest BCUT2D eigenvalue weighted by atomic mass is 9.80.